The van der Waals surface area contributed by atoms with E-state index in [0.717, 1.165) is 24.3 Å². The van der Waals surface area contributed by atoms with Gasteiger partial charge in [-0.15, -0.1) is 0 Å². The summed E-state index contributed by atoms with van der Waals surface area (Å²) in [7, 11) is 0. The first-order valence-electron chi connectivity index (χ1n) is 9.98. The molecular formula is C23H23F3N2O5. The van der Waals surface area contributed by atoms with Crippen molar-refractivity contribution in [1.29, 1.82) is 0 Å². The molecule has 0 heterocycles. The maximum Gasteiger partial charge on any atom is 0.416 e. The number of benzene rings is 2. The molecule has 0 saturated carbocycles. The van der Waals surface area contributed by atoms with Crippen molar-refractivity contribution < 1.29 is 37.1 Å². The topological polar surface area (TPSA) is 102 Å². The summed E-state index contributed by atoms with van der Waals surface area (Å²) in [5.41, 5.74) is -0.196. The molecule has 2 N–H and O–H groups in total. The van der Waals surface area contributed by atoms with Gasteiger partial charge in [-0.05, 0) is 55.5 Å². The molecule has 176 valence electrons. The number of carbonyl (C=O) groups excluding carboxylic acids is 4. The van der Waals surface area contributed by atoms with Gasteiger partial charge >= 0.3 is 12.1 Å². The lowest BCUT2D eigenvalue weighted by molar-refractivity contribution is -0.145. The maximum absolute atomic E-state index is 12.6. The zero-order chi connectivity index (χ0) is 24.8. The first kappa shape index (κ1) is 25.6. The quantitative estimate of drug-likeness (QED) is 0.457. The second-order valence-corrected chi connectivity index (χ2v) is 7.48. The molecule has 2 aromatic rings. The molecule has 1 unspecified atom stereocenters. The summed E-state index contributed by atoms with van der Waals surface area (Å²) in [6.07, 6.45) is -5.67. The maximum atomic E-state index is 12.6. The van der Waals surface area contributed by atoms with E-state index in [1.165, 1.54) is 19.1 Å². The van der Waals surface area contributed by atoms with Gasteiger partial charge in [-0.3, -0.25) is 19.2 Å². The third kappa shape index (κ3) is 7.44. The van der Waals surface area contributed by atoms with Crippen LogP contribution < -0.4 is 10.6 Å². The lowest BCUT2D eigenvalue weighted by Crippen LogP contribution is -2.34. The molecule has 1 atom stereocenters. The Hall–Kier alpha value is -3.69. The van der Waals surface area contributed by atoms with Crippen molar-refractivity contribution >= 4 is 29.3 Å². The molecule has 2 aromatic carbocycles. The zero-order valence-electron chi connectivity index (χ0n) is 18.2. The van der Waals surface area contributed by atoms with Crippen molar-refractivity contribution in [3.8, 4) is 0 Å². The minimum Gasteiger partial charge on any atom is -0.453 e. The van der Waals surface area contributed by atoms with Gasteiger partial charge in [-0.1, -0.05) is 13.8 Å². The van der Waals surface area contributed by atoms with E-state index in [0.29, 0.717) is 5.69 Å². The molecule has 2 amide bonds. The van der Waals surface area contributed by atoms with Crippen LogP contribution in [0.1, 0.15) is 47.1 Å². The highest BCUT2D eigenvalue weighted by Crippen LogP contribution is 2.29. The number of nitrogens with one attached hydrogen (secondary N) is 2. The predicted octanol–water partition coefficient (Wildman–Crippen LogP) is 3.84. The summed E-state index contributed by atoms with van der Waals surface area (Å²) >= 11 is 0. The second kappa shape index (κ2) is 10.8. The minimum atomic E-state index is -4.52. The normalized spacial score (nSPS) is 12.1. The molecule has 2 rings (SSSR count). The zero-order valence-corrected chi connectivity index (χ0v) is 18.2. The highest BCUT2D eigenvalue weighted by Gasteiger charge is 2.30. The summed E-state index contributed by atoms with van der Waals surface area (Å²) < 4.78 is 42.8. The largest absolute Gasteiger partial charge is 0.453 e. The highest BCUT2D eigenvalue weighted by molar-refractivity contribution is 6.01. The van der Waals surface area contributed by atoms with Crippen LogP contribution in [0.15, 0.2) is 48.5 Å². The van der Waals surface area contributed by atoms with Crippen molar-refractivity contribution in [2.45, 2.75) is 33.1 Å². The standard InChI is InChI=1S/C23H23F3N2O5/c1-13(2)21(31)28-18-10-6-15(7-11-18)20(30)14(3)33-19(29)12-27-22(32)16-4-8-17(9-5-16)23(24,25)26/h4-11,13-14H,12H2,1-3H3,(H,27,32)(H,28,31). The molecular weight excluding hydrogens is 441 g/mol. The minimum absolute atomic E-state index is 0.0652. The molecule has 0 aromatic heterocycles. The molecule has 0 aliphatic rings. The van der Waals surface area contributed by atoms with E-state index in [1.54, 1.807) is 26.0 Å². The lowest BCUT2D eigenvalue weighted by Gasteiger charge is -2.14. The van der Waals surface area contributed by atoms with Crippen LogP contribution in [0.4, 0.5) is 18.9 Å². The number of hydrogen-bond donors (Lipinski definition) is 2. The lowest BCUT2D eigenvalue weighted by atomic mass is 10.1. The monoisotopic (exact) mass is 464 g/mol. The first-order valence-corrected chi connectivity index (χ1v) is 9.98. The van der Waals surface area contributed by atoms with Gasteiger partial charge < -0.3 is 15.4 Å². The van der Waals surface area contributed by atoms with Gasteiger partial charge in [-0.2, -0.15) is 13.2 Å². The Morgan fingerprint density at radius 1 is 0.879 bits per heavy atom. The first-order chi connectivity index (χ1) is 15.4. The van der Waals surface area contributed by atoms with Crippen LogP contribution in [-0.4, -0.2) is 36.2 Å². The summed E-state index contributed by atoms with van der Waals surface area (Å²) in [6.45, 7) is 4.29. The Bertz CT molecular complexity index is 1020. The Morgan fingerprint density at radius 3 is 1.94 bits per heavy atom. The molecule has 0 bridgehead atoms. The average Bonchev–Trinajstić information content (AvgIpc) is 2.76. The van der Waals surface area contributed by atoms with E-state index >= 15 is 0 Å². The SMILES string of the molecule is CC(C)C(=O)Nc1ccc(C(=O)C(C)OC(=O)CNC(=O)c2ccc(C(F)(F)F)cc2)cc1. The van der Waals surface area contributed by atoms with Gasteiger partial charge in [0.05, 0.1) is 5.56 Å². The number of alkyl halides is 3. The average molecular weight is 464 g/mol. The number of anilines is 1. The fraction of sp³-hybridized carbons (Fsp3) is 0.304. The van der Waals surface area contributed by atoms with E-state index in [1.807, 2.05) is 0 Å². The number of ether oxygens (including phenoxy) is 1. The van der Waals surface area contributed by atoms with Gasteiger partial charge in [-0.25, -0.2) is 0 Å². The summed E-state index contributed by atoms with van der Waals surface area (Å²) in [5.74, 6) is -2.52. The Morgan fingerprint density at radius 2 is 1.42 bits per heavy atom. The van der Waals surface area contributed by atoms with Crippen LogP contribution in [0.2, 0.25) is 0 Å². The van der Waals surface area contributed by atoms with Crippen molar-refractivity contribution in [3.63, 3.8) is 0 Å². The molecule has 7 nitrogen and oxygen atoms in total. The molecule has 33 heavy (non-hydrogen) atoms. The van der Waals surface area contributed by atoms with E-state index in [-0.39, 0.29) is 23.0 Å². The number of amides is 2. The van der Waals surface area contributed by atoms with Gasteiger partial charge in [0, 0.05) is 22.7 Å². The summed E-state index contributed by atoms with van der Waals surface area (Å²) in [6, 6.07) is 9.55. The number of halogens is 3. The van der Waals surface area contributed by atoms with Crippen LogP contribution in [0.5, 0.6) is 0 Å². The van der Waals surface area contributed by atoms with Crippen LogP contribution in [0, 0.1) is 5.92 Å². The third-order valence-electron chi connectivity index (χ3n) is 4.51. The fourth-order valence-corrected chi connectivity index (χ4v) is 2.60. The van der Waals surface area contributed by atoms with Crippen LogP contribution in [0.25, 0.3) is 0 Å². The number of carbonyl (C=O) groups is 4. The number of hydrogen-bond acceptors (Lipinski definition) is 5. The Kier molecular flexibility index (Phi) is 8.33. The Labute approximate surface area is 188 Å². The van der Waals surface area contributed by atoms with Gasteiger partial charge in [0.25, 0.3) is 5.91 Å². The van der Waals surface area contributed by atoms with Crippen molar-refractivity contribution in [2.75, 3.05) is 11.9 Å². The number of Topliss-reactive ketones (excluding diaryl/α,β-unsaturated/α-hetero) is 1. The summed E-state index contributed by atoms with van der Waals surface area (Å²) in [4.78, 5) is 48.1. The van der Waals surface area contributed by atoms with Gasteiger partial charge in [0.1, 0.15) is 6.54 Å². The molecule has 0 aliphatic carbocycles. The summed E-state index contributed by atoms with van der Waals surface area (Å²) in [5, 5.41) is 4.92. The van der Waals surface area contributed by atoms with E-state index in [2.05, 4.69) is 10.6 Å². The van der Waals surface area contributed by atoms with Crippen molar-refractivity contribution in [3.05, 3.63) is 65.2 Å². The Balaban J connectivity index is 1.86. The fourth-order valence-electron chi connectivity index (χ4n) is 2.60. The van der Waals surface area contributed by atoms with E-state index in [4.69, 9.17) is 4.74 Å². The van der Waals surface area contributed by atoms with Gasteiger partial charge in [0.15, 0.2) is 6.10 Å². The molecule has 0 spiro atoms. The molecule has 0 fully saturated rings. The van der Waals surface area contributed by atoms with Gasteiger partial charge in [0.2, 0.25) is 11.7 Å². The third-order valence-corrected chi connectivity index (χ3v) is 4.51. The van der Waals surface area contributed by atoms with Crippen LogP contribution >= 0.6 is 0 Å². The molecule has 0 saturated heterocycles. The molecule has 0 radical (unpaired) electrons. The smallest absolute Gasteiger partial charge is 0.416 e. The van der Waals surface area contributed by atoms with Crippen LogP contribution in [0.3, 0.4) is 0 Å². The number of esters is 1. The highest BCUT2D eigenvalue weighted by atomic mass is 19.4. The van der Waals surface area contributed by atoms with Crippen molar-refractivity contribution in [2.24, 2.45) is 5.92 Å². The van der Waals surface area contributed by atoms with E-state index < -0.39 is 42.0 Å². The number of ketones is 1. The molecule has 10 heteroatoms. The van der Waals surface area contributed by atoms with E-state index in [9.17, 15) is 32.3 Å². The molecule has 0 aliphatic heterocycles. The number of rotatable bonds is 8. The van der Waals surface area contributed by atoms with Crippen molar-refractivity contribution in [1.82, 2.24) is 5.32 Å². The predicted molar refractivity (Wildman–Crippen MR) is 114 cm³/mol. The van der Waals surface area contributed by atoms with Crippen LogP contribution in [-0.2, 0) is 20.5 Å². The second-order valence-electron chi connectivity index (χ2n) is 7.48.